The minimum absolute atomic E-state index is 0.0956. The summed E-state index contributed by atoms with van der Waals surface area (Å²) in [6.45, 7) is 2.30. The number of carbonyl (C=O) groups excluding carboxylic acids is 2. The van der Waals surface area contributed by atoms with Crippen LogP contribution in [-0.4, -0.2) is 34.5 Å². The molecule has 1 fully saturated rings. The number of anilines is 1. The zero-order valence-electron chi connectivity index (χ0n) is 13.9. The van der Waals surface area contributed by atoms with Crippen LogP contribution < -0.4 is 5.32 Å². The van der Waals surface area contributed by atoms with Crippen LogP contribution in [0.1, 0.15) is 64.7 Å². The molecule has 0 bridgehead atoms. The maximum atomic E-state index is 12.4. The van der Waals surface area contributed by atoms with Crippen LogP contribution in [0.4, 0.5) is 5.82 Å². The Labute approximate surface area is 137 Å². The summed E-state index contributed by atoms with van der Waals surface area (Å²) in [7, 11) is 0. The van der Waals surface area contributed by atoms with E-state index in [9.17, 15) is 9.59 Å². The molecule has 23 heavy (non-hydrogen) atoms. The Kier molecular flexibility index (Phi) is 7.10. The molecule has 1 N–H and O–H groups in total. The van der Waals surface area contributed by atoms with Crippen molar-refractivity contribution in [2.75, 3.05) is 11.9 Å². The molecule has 1 saturated carbocycles. The van der Waals surface area contributed by atoms with Gasteiger partial charge in [-0.1, -0.05) is 44.2 Å². The summed E-state index contributed by atoms with van der Waals surface area (Å²) in [5.74, 6) is 0.259. The van der Waals surface area contributed by atoms with E-state index in [0.717, 1.165) is 25.7 Å². The molecular formula is C17H27N3O3. The Morgan fingerprint density at radius 2 is 2.00 bits per heavy atom. The standard InChI is InChI=1S/C17H27N3O3/c1-2-3-4-5-6-7-8-17(22)20(14-9-10-14)13-16(21)18-15-11-12-23-19-15/h11-12,14H,2-10,13H2,1H3,(H,18,19,21). The number of hydrogen-bond donors (Lipinski definition) is 1. The van der Waals surface area contributed by atoms with Crippen molar-refractivity contribution in [3.63, 3.8) is 0 Å². The molecule has 1 aromatic heterocycles. The molecule has 128 valence electrons. The molecule has 0 atom stereocenters. The van der Waals surface area contributed by atoms with E-state index in [1.54, 1.807) is 11.0 Å². The predicted octanol–water partition coefficient (Wildman–Crippen LogP) is 3.35. The van der Waals surface area contributed by atoms with Crippen LogP contribution in [0.15, 0.2) is 16.9 Å². The SMILES string of the molecule is CCCCCCCCC(=O)N(CC(=O)Nc1ccon1)C1CC1. The smallest absolute Gasteiger partial charge is 0.245 e. The van der Waals surface area contributed by atoms with Crippen molar-refractivity contribution >= 4 is 17.6 Å². The van der Waals surface area contributed by atoms with E-state index in [4.69, 9.17) is 0 Å². The maximum Gasteiger partial charge on any atom is 0.245 e. The highest BCUT2D eigenvalue weighted by atomic mass is 16.5. The number of amides is 2. The highest BCUT2D eigenvalue weighted by Gasteiger charge is 2.33. The van der Waals surface area contributed by atoms with Crippen molar-refractivity contribution in [2.24, 2.45) is 0 Å². The Balaban J connectivity index is 1.70. The van der Waals surface area contributed by atoms with Crippen molar-refractivity contribution in [2.45, 2.75) is 70.8 Å². The second kappa shape index (κ2) is 9.33. The summed E-state index contributed by atoms with van der Waals surface area (Å²) in [6.07, 6.45) is 10.9. The fourth-order valence-electron chi connectivity index (χ4n) is 2.62. The highest BCUT2D eigenvalue weighted by molar-refractivity contribution is 5.93. The van der Waals surface area contributed by atoms with E-state index in [1.807, 2.05) is 0 Å². The molecule has 1 heterocycles. The summed E-state index contributed by atoms with van der Waals surface area (Å²) in [5, 5.41) is 6.29. The molecule has 2 amide bonds. The number of rotatable bonds is 11. The fourth-order valence-corrected chi connectivity index (χ4v) is 2.62. The first-order valence-electron chi connectivity index (χ1n) is 8.70. The summed E-state index contributed by atoms with van der Waals surface area (Å²) >= 11 is 0. The van der Waals surface area contributed by atoms with Crippen molar-refractivity contribution in [3.05, 3.63) is 12.3 Å². The third-order valence-electron chi connectivity index (χ3n) is 4.07. The Morgan fingerprint density at radius 1 is 1.26 bits per heavy atom. The summed E-state index contributed by atoms with van der Waals surface area (Å²) in [6, 6.07) is 1.82. The monoisotopic (exact) mass is 321 g/mol. The number of nitrogens with zero attached hydrogens (tertiary/aromatic N) is 2. The lowest BCUT2D eigenvalue weighted by Gasteiger charge is -2.21. The van der Waals surface area contributed by atoms with Gasteiger partial charge in [-0.2, -0.15) is 0 Å². The summed E-state index contributed by atoms with van der Waals surface area (Å²) < 4.78 is 4.68. The lowest BCUT2D eigenvalue weighted by molar-refractivity contribution is -0.135. The first kappa shape index (κ1) is 17.5. The second-order valence-corrected chi connectivity index (χ2v) is 6.20. The van der Waals surface area contributed by atoms with Crippen molar-refractivity contribution in [1.29, 1.82) is 0 Å². The van der Waals surface area contributed by atoms with Gasteiger partial charge in [0, 0.05) is 18.5 Å². The predicted molar refractivity (Wildman–Crippen MR) is 87.9 cm³/mol. The molecule has 2 rings (SSSR count). The van der Waals surface area contributed by atoms with E-state index >= 15 is 0 Å². The van der Waals surface area contributed by atoms with Crippen LogP contribution in [0.2, 0.25) is 0 Å². The number of hydrogen-bond acceptors (Lipinski definition) is 4. The molecule has 0 unspecified atom stereocenters. The minimum atomic E-state index is -0.220. The third-order valence-corrected chi connectivity index (χ3v) is 4.07. The largest absolute Gasteiger partial charge is 0.363 e. The van der Waals surface area contributed by atoms with Gasteiger partial charge in [0.1, 0.15) is 12.8 Å². The summed E-state index contributed by atoms with van der Waals surface area (Å²) in [4.78, 5) is 26.1. The van der Waals surface area contributed by atoms with Gasteiger partial charge >= 0.3 is 0 Å². The summed E-state index contributed by atoms with van der Waals surface area (Å²) in [5.41, 5.74) is 0. The molecule has 1 aliphatic rings. The van der Waals surface area contributed by atoms with Crippen LogP contribution >= 0.6 is 0 Å². The Hall–Kier alpha value is -1.85. The maximum absolute atomic E-state index is 12.4. The molecule has 0 aromatic carbocycles. The topological polar surface area (TPSA) is 75.4 Å². The lowest BCUT2D eigenvalue weighted by atomic mass is 10.1. The number of nitrogens with one attached hydrogen (secondary N) is 1. The van der Waals surface area contributed by atoms with E-state index < -0.39 is 0 Å². The van der Waals surface area contributed by atoms with Gasteiger partial charge < -0.3 is 14.7 Å². The highest BCUT2D eigenvalue weighted by Crippen LogP contribution is 2.27. The minimum Gasteiger partial charge on any atom is -0.363 e. The molecule has 0 spiro atoms. The third kappa shape index (κ3) is 6.42. The zero-order chi connectivity index (χ0) is 16.5. The normalized spacial score (nSPS) is 13.8. The van der Waals surface area contributed by atoms with Gasteiger partial charge in [-0.05, 0) is 19.3 Å². The number of carbonyl (C=O) groups is 2. The van der Waals surface area contributed by atoms with Crippen LogP contribution in [-0.2, 0) is 9.59 Å². The van der Waals surface area contributed by atoms with E-state index in [0.29, 0.717) is 12.2 Å². The van der Waals surface area contributed by atoms with Crippen LogP contribution in [0.3, 0.4) is 0 Å². The molecule has 6 nitrogen and oxygen atoms in total. The zero-order valence-corrected chi connectivity index (χ0v) is 13.9. The van der Waals surface area contributed by atoms with Gasteiger partial charge in [-0.25, -0.2) is 0 Å². The quantitative estimate of drug-likeness (QED) is 0.634. The Morgan fingerprint density at radius 3 is 2.65 bits per heavy atom. The average Bonchev–Trinajstić information content (AvgIpc) is 3.25. The molecular weight excluding hydrogens is 294 g/mol. The average molecular weight is 321 g/mol. The van der Waals surface area contributed by atoms with Crippen LogP contribution in [0.5, 0.6) is 0 Å². The van der Waals surface area contributed by atoms with Gasteiger partial charge in [0.2, 0.25) is 11.8 Å². The Bertz CT molecular complexity index is 483. The van der Waals surface area contributed by atoms with Gasteiger partial charge in [0.05, 0.1) is 0 Å². The van der Waals surface area contributed by atoms with E-state index in [1.165, 1.54) is 31.9 Å². The fraction of sp³-hybridized carbons (Fsp3) is 0.706. The molecule has 1 aromatic rings. The molecule has 6 heteroatoms. The van der Waals surface area contributed by atoms with Crippen molar-refractivity contribution in [1.82, 2.24) is 10.1 Å². The van der Waals surface area contributed by atoms with Gasteiger partial charge in [0.25, 0.3) is 0 Å². The van der Waals surface area contributed by atoms with Crippen LogP contribution in [0.25, 0.3) is 0 Å². The van der Waals surface area contributed by atoms with Crippen LogP contribution in [0, 0.1) is 0 Å². The first-order valence-corrected chi connectivity index (χ1v) is 8.70. The first-order chi connectivity index (χ1) is 11.2. The van der Waals surface area contributed by atoms with E-state index in [-0.39, 0.29) is 24.4 Å². The van der Waals surface area contributed by atoms with Gasteiger partial charge in [-0.3, -0.25) is 9.59 Å². The lowest BCUT2D eigenvalue weighted by Crippen LogP contribution is -2.39. The van der Waals surface area contributed by atoms with Crippen molar-refractivity contribution < 1.29 is 14.1 Å². The van der Waals surface area contributed by atoms with Gasteiger partial charge in [0.15, 0.2) is 5.82 Å². The molecule has 0 saturated heterocycles. The van der Waals surface area contributed by atoms with E-state index in [2.05, 4.69) is 21.9 Å². The molecule has 1 aliphatic carbocycles. The molecule has 0 radical (unpaired) electrons. The second-order valence-electron chi connectivity index (χ2n) is 6.20. The van der Waals surface area contributed by atoms with Gasteiger partial charge in [-0.15, -0.1) is 0 Å². The molecule has 0 aliphatic heterocycles. The van der Waals surface area contributed by atoms with Crippen molar-refractivity contribution in [3.8, 4) is 0 Å². The number of unbranched alkanes of at least 4 members (excludes halogenated alkanes) is 5. The number of aromatic nitrogens is 1.